The van der Waals surface area contributed by atoms with Gasteiger partial charge in [0.2, 0.25) is 0 Å². The Labute approximate surface area is 185 Å². The van der Waals surface area contributed by atoms with E-state index in [1.54, 1.807) is 0 Å². The van der Waals surface area contributed by atoms with Crippen molar-refractivity contribution < 1.29 is 8.83 Å². The average molecular weight is 580 g/mol. The van der Waals surface area contributed by atoms with E-state index in [4.69, 9.17) is 8.83 Å². The van der Waals surface area contributed by atoms with Gasteiger partial charge in [0.1, 0.15) is 22.9 Å². The van der Waals surface area contributed by atoms with Gasteiger partial charge in [-0.3, -0.25) is 0 Å². The van der Waals surface area contributed by atoms with Gasteiger partial charge < -0.3 is 8.83 Å². The molecule has 5 rings (SSSR count). The molecule has 2 aromatic carbocycles. The standard InChI is InChI=1S/C23H18I2O2/c1-13-10-17-22(26-13)20-16-11-15(24)12-18(25)21(16)27-19(20)8-9-23(17,2)14-6-4-3-5-7-14/h3-7,10-12H,8-9H2,1-2H3. The van der Waals surface area contributed by atoms with Crippen molar-refractivity contribution in [3.8, 4) is 11.3 Å². The van der Waals surface area contributed by atoms with Crippen LogP contribution in [0, 0.1) is 14.1 Å². The summed E-state index contributed by atoms with van der Waals surface area (Å²) in [6, 6.07) is 17.4. The molecular formula is C23H18I2O2. The van der Waals surface area contributed by atoms with Crippen LogP contribution >= 0.6 is 45.2 Å². The van der Waals surface area contributed by atoms with Crippen LogP contribution in [0.4, 0.5) is 0 Å². The molecule has 0 aliphatic heterocycles. The van der Waals surface area contributed by atoms with E-state index in [0.29, 0.717) is 0 Å². The second kappa shape index (κ2) is 6.37. The molecule has 0 N–H and O–H groups in total. The van der Waals surface area contributed by atoms with Crippen molar-refractivity contribution in [2.24, 2.45) is 0 Å². The number of fused-ring (bicyclic) bond motifs is 5. The van der Waals surface area contributed by atoms with Gasteiger partial charge in [-0.1, -0.05) is 37.3 Å². The third kappa shape index (κ3) is 2.70. The summed E-state index contributed by atoms with van der Waals surface area (Å²) in [6.45, 7) is 4.37. The zero-order chi connectivity index (χ0) is 18.8. The summed E-state index contributed by atoms with van der Waals surface area (Å²) in [5.74, 6) is 2.97. The lowest BCUT2D eigenvalue weighted by Gasteiger charge is -2.29. The first-order valence-corrected chi connectivity index (χ1v) is 11.2. The molecule has 27 heavy (non-hydrogen) atoms. The van der Waals surface area contributed by atoms with Crippen LogP contribution in [0.5, 0.6) is 0 Å². The largest absolute Gasteiger partial charge is 0.461 e. The van der Waals surface area contributed by atoms with Gasteiger partial charge in [0, 0.05) is 26.4 Å². The molecule has 4 aromatic rings. The van der Waals surface area contributed by atoms with Crippen LogP contribution in [0.1, 0.15) is 36.0 Å². The molecule has 1 atom stereocenters. The van der Waals surface area contributed by atoms with Crippen molar-refractivity contribution >= 4 is 56.2 Å². The summed E-state index contributed by atoms with van der Waals surface area (Å²) >= 11 is 4.75. The Bertz CT molecular complexity index is 1170. The smallest absolute Gasteiger partial charge is 0.148 e. The molecule has 1 unspecified atom stereocenters. The normalized spacial score (nSPS) is 19.0. The molecular weight excluding hydrogens is 562 g/mol. The van der Waals surface area contributed by atoms with Crippen molar-refractivity contribution in [3.63, 3.8) is 0 Å². The lowest BCUT2D eigenvalue weighted by atomic mass is 9.73. The topological polar surface area (TPSA) is 26.3 Å². The summed E-state index contributed by atoms with van der Waals surface area (Å²) in [7, 11) is 0. The molecule has 0 fully saturated rings. The fourth-order valence-electron chi connectivity index (χ4n) is 4.31. The highest BCUT2D eigenvalue weighted by molar-refractivity contribution is 14.1. The third-order valence-electron chi connectivity index (χ3n) is 5.72. The molecule has 0 bridgehead atoms. The number of benzene rings is 2. The summed E-state index contributed by atoms with van der Waals surface area (Å²) in [5, 5.41) is 1.16. The number of aryl methyl sites for hydroxylation is 2. The van der Waals surface area contributed by atoms with Gasteiger partial charge in [0.05, 0.1) is 9.13 Å². The van der Waals surface area contributed by atoms with E-state index in [1.165, 1.54) is 14.7 Å². The average Bonchev–Trinajstić information content (AvgIpc) is 3.18. The van der Waals surface area contributed by atoms with Crippen molar-refractivity contribution in [2.75, 3.05) is 0 Å². The summed E-state index contributed by atoms with van der Waals surface area (Å²) < 4.78 is 15.1. The first kappa shape index (κ1) is 17.8. The highest BCUT2D eigenvalue weighted by Crippen LogP contribution is 2.50. The van der Waals surface area contributed by atoms with Crippen LogP contribution in [-0.4, -0.2) is 0 Å². The first-order chi connectivity index (χ1) is 13.0. The predicted molar refractivity (Wildman–Crippen MR) is 125 cm³/mol. The second-order valence-electron chi connectivity index (χ2n) is 7.46. The Morgan fingerprint density at radius 3 is 2.56 bits per heavy atom. The summed E-state index contributed by atoms with van der Waals surface area (Å²) in [6.07, 6.45) is 1.88. The maximum Gasteiger partial charge on any atom is 0.148 e. The summed E-state index contributed by atoms with van der Waals surface area (Å²) in [4.78, 5) is 0. The highest BCUT2D eigenvalue weighted by Gasteiger charge is 2.39. The van der Waals surface area contributed by atoms with E-state index in [0.717, 1.165) is 50.2 Å². The number of hydrogen-bond donors (Lipinski definition) is 0. The van der Waals surface area contributed by atoms with E-state index < -0.39 is 0 Å². The van der Waals surface area contributed by atoms with Gasteiger partial charge in [-0.2, -0.15) is 0 Å². The fourth-order valence-corrected chi connectivity index (χ4v) is 6.27. The van der Waals surface area contributed by atoms with Crippen LogP contribution in [0.25, 0.3) is 22.3 Å². The molecule has 0 spiro atoms. The van der Waals surface area contributed by atoms with Crippen LogP contribution in [0.2, 0.25) is 0 Å². The number of rotatable bonds is 1. The van der Waals surface area contributed by atoms with Crippen molar-refractivity contribution in [3.05, 3.63) is 78.3 Å². The van der Waals surface area contributed by atoms with E-state index in [1.807, 2.05) is 6.92 Å². The van der Waals surface area contributed by atoms with E-state index >= 15 is 0 Å². The molecule has 4 heteroatoms. The number of halogens is 2. The predicted octanol–water partition coefficient (Wildman–Crippen LogP) is 7.46. The van der Waals surface area contributed by atoms with Gasteiger partial charge in [-0.25, -0.2) is 0 Å². The quantitative estimate of drug-likeness (QED) is 0.219. The lowest BCUT2D eigenvalue weighted by molar-refractivity contribution is 0.477. The maximum atomic E-state index is 6.38. The van der Waals surface area contributed by atoms with Gasteiger partial charge in [0.15, 0.2) is 0 Å². The Balaban J connectivity index is 1.84. The molecule has 0 saturated carbocycles. The Morgan fingerprint density at radius 2 is 1.78 bits per heavy atom. The Morgan fingerprint density at radius 1 is 1.00 bits per heavy atom. The maximum absolute atomic E-state index is 6.38. The Kier molecular flexibility index (Phi) is 4.20. The molecule has 1 aliphatic rings. The van der Waals surface area contributed by atoms with Gasteiger partial charge >= 0.3 is 0 Å². The molecule has 136 valence electrons. The van der Waals surface area contributed by atoms with Crippen LogP contribution < -0.4 is 0 Å². The van der Waals surface area contributed by atoms with E-state index in [-0.39, 0.29) is 5.41 Å². The van der Waals surface area contributed by atoms with E-state index in [2.05, 4.69) is 101 Å². The molecule has 0 radical (unpaired) electrons. The lowest BCUT2D eigenvalue weighted by Crippen LogP contribution is -2.23. The number of hydrogen-bond acceptors (Lipinski definition) is 2. The minimum Gasteiger partial charge on any atom is -0.461 e. The van der Waals surface area contributed by atoms with Crippen molar-refractivity contribution in [1.29, 1.82) is 0 Å². The van der Waals surface area contributed by atoms with E-state index in [9.17, 15) is 0 Å². The van der Waals surface area contributed by atoms with Gasteiger partial charge in [-0.05, 0) is 82.3 Å². The first-order valence-electron chi connectivity index (χ1n) is 9.04. The van der Waals surface area contributed by atoms with Gasteiger partial charge in [0.25, 0.3) is 0 Å². The zero-order valence-electron chi connectivity index (χ0n) is 15.1. The van der Waals surface area contributed by atoms with Crippen LogP contribution in [0.15, 0.2) is 57.4 Å². The Hall–Kier alpha value is -1.28. The van der Waals surface area contributed by atoms with Gasteiger partial charge in [-0.15, -0.1) is 0 Å². The minimum atomic E-state index is -0.0999. The zero-order valence-corrected chi connectivity index (χ0v) is 19.4. The molecule has 0 amide bonds. The minimum absolute atomic E-state index is 0.0999. The molecule has 2 nitrogen and oxygen atoms in total. The SMILES string of the molecule is Cc1cc2c(o1)-c1c(oc3c(I)cc(I)cc13)CCC2(C)c1ccccc1. The molecule has 2 heterocycles. The molecule has 1 aliphatic carbocycles. The number of furan rings is 2. The molecule has 2 aromatic heterocycles. The molecule has 0 saturated heterocycles. The van der Waals surface area contributed by atoms with Crippen molar-refractivity contribution in [1.82, 2.24) is 0 Å². The third-order valence-corrected chi connectivity index (χ3v) is 7.15. The monoisotopic (exact) mass is 580 g/mol. The van der Waals surface area contributed by atoms with Crippen LogP contribution in [-0.2, 0) is 11.8 Å². The second-order valence-corrected chi connectivity index (χ2v) is 9.87. The highest BCUT2D eigenvalue weighted by atomic mass is 127. The fraction of sp³-hybridized carbons (Fsp3) is 0.217. The summed E-state index contributed by atoms with van der Waals surface area (Å²) in [5.41, 5.74) is 4.61. The van der Waals surface area contributed by atoms with Crippen LogP contribution in [0.3, 0.4) is 0 Å². The van der Waals surface area contributed by atoms with Crippen molar-refractivity contribution in [2.45, 2.75) is 32.1 Å².